The predicted molar refractivity (Wildman–Crippen MR) is 57.0 cm³/mol. The van der Waals surface area contributed by atoms with Crippen LogP contribution in [0.1, 0.15) is 0 Å². The van der Waals surface area contributed by atoms with Gasteiger partial charge < -0.3 is 0 Å². The molecule has 0 bridgehead atoms. The Labute approximate surface area is 100 Å². The Hall–Kier alpha value is -1.32. The van der Waals surface area contributed by atoms with Gasteiger partial charge in [-0.1, -0.05) is 24.3 Å². The van der Waals surface area contributed by atoms with E-state index in [-0.39, 0.29) is 19.8 Å². The van der Waals surface area contributed by atoms with Crippen molar-refractivity contribution in [3.63, 3.8) is 0 Å². The van der Waals surface area contributed by atoms with Gasteiger partial charge in [0.2, 0.25) is 0 Å². The zero-order chi connectivity index (χ0) is 9.38. The van der Waals surface area contributed by atoms with Crippen LogP contribution >= 0.6 is 0 Å². The van der Waals surface area contributed by atoms with Crippen molar-refractivity contribution in [1.82, 2.24) is 9.97 Å². The molecule has 0 N–H and O–H groups in total. The van der Waals surface area contributed by atoms with Gasteiger partial charge in [-0.25, -0.2) is 9.97 Å². The van der Waals surface area contributed by atoms with Gasteiger partial charge in [0.15, 0.2) is 0 Å². The van der Waals surface area contributed by atoms with E-state index in [0.717, 1.165) is 22.1 Å². The number of hydrogen-bond donors (Lipinski definition) is 0. The minimum Gasteiger partial charge on any atom is -0.245 e. The topological polar surface area (TPSA) is 25.8 Å². The third-order valence-electron chi connectivity index (χ3n) is 2.25. The molecule has 0 spiro atoms. The van der Waals surface area contributed by atoms with Crippen LogP contribution < -0.4 is 0 Å². The standard InChI is InChI=1S/C12H8N2.Os/c1-2-6-10-9(5-1)13-11-7-3-4-8-12(11)14-10;/h1-8H;/q;+2. The van der Waals surface area contributed by atoms with E-state index in [1.54, 1.807) is 0 Å². The van der Waals surface area contributed by atoms with E-state index in [4.69, 9.17) is 0 Å². The molecular formula is C12H8N2Os+2. The molecule has 0 amide bonds. The van der Waals surface area contributed by atoms with Crippen molar-refractivity contribution in [2.75, 3.05) is 0 Å². The van der Waals surface area contributed by atoms with E-state index in [1.165, 1.54) is 0 Å². The summed E-state index contributed by atoms with van der Waals surface area (Å²) < 4.78 is 0. The van der Waals surface area contributed by atoms with E-state index in [1.807, 2.05) is 48.5 Å². The van der Waals surface area contributed by atoms with Crippen LogP contribution in [-0.2, 0) is 19.8 Å². The Balaban J connectivity index is 0.000000853. The van der Waals surface area contributed by atoms with E-state index in [9.17, 15) is 0 Å². The fraction of sp³-hybridized carbons (Fsp3) is 0. The molecule has 0 aliphatic carbocycles. The van der Waals surface area contributed by atoms with Crippen LogP contribution in [0.5, 0.6) is 0 Å². The predicted octanol–water partition coefficient (Wildman–Crippen LogP) is 2.78. The minimum atomic E-state index is 0. The molecule has 2 aromatic carbocycles. The Bertz CT molecular complexity index is 502. The molecular weight excluding hydrogens is 362 g/mol. The van der Waals surface area contributed by atoms with Crippen LogP contribution in [-0.4, -0.2) is 9.97 Å². The Morgan fingerprint density at radius 3 is 1.07 bits per heavy atom. The molecule has 0 fully saturated rings. The second kappa shape index (κ2) is 4.04. The summed E-state index contributed by atoms with van der Waals surface area (Å²) in [6.07, 6.45) is 0. The van der Waals surface area contributed by atoms with Crippen molar-refractivity contribution in [3.05, 3.63) is 48.5 Å². The maximum Gasteiger partial charge on any atom is 2.00 e. The van der Waals surface area contributed by atoms with Crippen molar-refractivity contribution in [2.45, 2.75) is 0 Å². The quantitative estimate of drug-likeness (QED) is 0.569. The molecule has 0 saturated carbocycles. The number of nitrogens with zero attached hydrogens (tertiary/aromatic N) is 2. The first-order valence-corrected chi connectivity index (χ1v) is 4.55. The number of benzene rings is 2. The van der Waals surface area contributed by atoms with Gasteiger partial charge >= 0.3 is 19.8 Å². The fourth-order valence-corrected chi connectivity index (χ4v) is 1.57. The van der Waals surface area contributed by atoms with Crippen molar-refractivity contribution < 1.29 is 19.8 Å². The average molecular weight is 370 g/mol. The number of fused-ring (bicyclic) bond motifs is 2. The number of para-hydroxylation sites is 4. The van der Waals surface area contributed by atoms with Gasteiger partial charge in [-0.3, -0.25) is 0 Å². The van der Waals surface area contributed by atoms with E-state index in [0.29, 0.717) is 0 Å². The maximum atomic E-state index is 4.52. The monoisotopic (exact) mass is 372 g/mol. The van der Waals surface area contributed by atoms with E-state index < -0.39 is 0 Å². The summed E-state index contributed by atoms with van der Waals surface area (Å²) in [6.45, 7) is 0. The Morgan fingerprint density at radius 2 is 0.800 bits per heavy atom. The second-order valence-corrected chi connectivity index (χ2v) is 3.20. The third kappa shape index (κ3) is 1.76. The largest absolute Gasteiger partial charge is 2.00 e. The summed E-state index contributed by atoms with van der Waals surface area (Å²) in [7, 11) is 0. The summed E-state index contributed by atoms with van der Waals surface area (Å²) in [5.74, 6) is 0. The first-order valence-electron chi connectivity index (χ1n) is 4.55. The van der Waals surface area contributed by atoms with Gasteiger partial charge in [-0.2, -0.15) is 0 Å². The van der Waals surface area contributed by atoms with Crippen LogP contribution in [0.25, 0.3) is 22.1 Å². The Kier molecular flexibility index (Phi) is 2.75. The van der Waals surface area contributed by atoms with Gasteiger partial charge in [0.05, 0.1) is 22.1 Å². The first kappa shape index (κ1) is 10.2. The zero-order valence-corrected chi connectivity index (χ0v) is 10.4. The summed E-state index contributed by atoms with van der Waals surface area (Å²) in [6, 6.07) is 15.8. The molecule has 1 aromatic heterocycles. The minimum absolute atomic E-state index is 0. The normalized spacial score (nSPS) is 10.1. The smallest absolute Gasteiger partial charge is 0.245 e. The van der Waals surface area contributed by atoms with Crippen LogP contribution in [0.15, 0.2) is 48.5 Å². The second-order valence-electron chi connectivity index (χ2n) is 3.20. The molecule has 15 heavy (non-hydrogen) atoms. The molecule has 0 radical (unpaired) electrons. The number of aromatic nitrogens is 2. The van der Waals surface area contributed by atoms with Crippen molar-refractivity contribution in [1.29, 1.82) is 0 Å². The first-order chi connectivity index (χ1) is 6.93. The molecule has 0 saturated heterocycles. The average Bonchev–Trinajstić information content (AvgIpc) is 2.26. The molecule has 0 unspecified atom stereocenters. The SMILES string of the molecule is [Os+2].c1ccc2nc3ccccc3nc2c1. The molecule has 3 heteroatoms. The van der Waals surface area contributed by atoms with Crippen LogP contribution in [0, 0.1) is 0 Å². The molecule has 0 atom stereocenters. The zero-order valence-electron chi connectivity index (χ0n) is 7.87. The molecule has 3 rings (SSSR count). The number of hydrogen-bond acceptors (Lipinski definition) is 2. The molecule has 0 aliphatic rings. The van der Waals surface area contributed by atoms with Crippen LogP contribution in [0.3, 0.4) is 0 Å². The Morgan fingerprint density at radius 1 is 0.533 bits per heavy atom. The van der Waals surface area contributed by atoms with Gasteiger partial charge in [-0.05, 0) is 24.3 Å². The van der Waals surface area contributed by atoms with Gasteiger partial charge in [-0.15, -0.1) is 0 Å². The van der Waals surface area contributed by atoms with Gasteiger partial charge in [0, 0.05) is 0 Å². The molecule has 3 aromatic rings. The summed E-state index contributed by atoms with van der Waals surface area (Å²) in [5.41, 5.74) is 3.80. The van der Waals surface area contributed by atoms with Crippen LogP contribution in [0.2, 0.25) is 0 Å². The fourth-order valence-electron chi connectivity index (χ4n) is 1.57. The third-order valence-corrected chi connectivity index (χ3v) is 2.25. The molecule has 0 aliphatic heterocycles. The van der Waals surface area contributed by atoms with E-state index in [2.05, 4.69) is 9.97 Å². The van der Waals surface area contributed by atoms with Crippen LogP contribution in [0.4, 0.5) is 0 Å². The molecule has 1 heterocycles. The van der Waals surface area contributed by atoms with Gasteiger partial charge in [0.1, 0.15) is 0 Å². The molecule has 72 valence electrons. The van der Waals surface area contributed by atoms with Crippen molar-refractivity contribution in [2.24, 2.45) is 0 Å². The summed E-state index contributed by atoms with van der Waals surface area (Å²) >= 11 is 0. The molecule has 2 nitrogen and oxygen atoms in total. The maximum absolute atomic E-state index is 4.52. The summed E-state index contributed by atoms with van der Waals surface area (Å²) in [4.78, 5) is 9.03. The van der Waals surface area contributed by atoms with Crippen molar-refractivity contribution >= 4 is 22.1 Å². The van der Waals surface area contributed by atoms with E-state index >= 15 is 0 Å². The van der Waals surface area contributed by atoms with Gasteiger partial charge in [0.25, 0.3) is 0 Å². The van der Waals surface area contributed by atoms with Crippen molar-refractivity contribution in [3.8, 4) is 0 Å². The summed E-state index contributed by atoms with van der Waals surface area (Å²) in [5, 5.41) is 0. The number of rotatable bonds is 0.